The van der Waals surface area contributed by atoms with Gasteiger partial charge in [0.2, 0.25) is 0 Å². The van der Waals surface area contributed by atoms with E-state index in [0.29, 0.717) is 5.56 Å². The van der Waals surface area contributed by atoms with Gasteiger partial charge in [-0.1, -0.05) is 42.5 Å². The Labute approximate surface area is 175 Å². The summed E-state index contributed by atoms with van der Waals surface area (Å²) in [5, 5.41) is 0.989. The Balaban J connectivity index is 1.51. The number of nitrogens with zero attached hydrogens (tertiary/aromatic N) is 1. The van der Waals surface area contributed by atoms with Gasteiger partial charge in [-0.3, -0.25) is 4.79 Å². The van der Waals surface area contributed by atoms with Crippen molar-refractivity contribution in [2.24, 2.45) is 0 Å². The van der Waals surface area contributed by atoms with Crippen LogP contribution in [0, 0.1) is 0 Å². The fraction of sp³-hybridized carbons (Fsp3) is 0.0741. The minimum absolute atomic E-state index is 0.617. The van der Waals surface area contributed by atoms with Gasteiger partial charge in [0.25, 0.3) is 0 Å². The smallest absolute Gasteiger partial charge is 0.150 e. The summed E-state index contributed by atoms with van der Waals surface area (Å²) in [5.41, 5.74) is 5.76. The van der Waals surface area contributed by atoms with Crippen LogP contribution in [-0.4, -0.2) is 6.29 Å². The highest BCUT2D eigenvalue weighted by Gasteiger charge is 2.15. The lowest BCUT2D eigenvalue weighted by molar-refractivity contribution is 0.112. The van der Waals surface area contributed by atoms with Crippen LogP contribution in [-0.2, 0) is 0 Å². The first kappa shape index (κ1) is 18.2. The van der Waals surface area contributed by atoms with E-state index in [0.717, 1.165) is 52.8 Å². The van der Waals surface area contributed by atoms with E-state index in [1.807, 2.05) is 18.2 Å². The van der Waals surface area contributed by atoms with Gasteiger partial charge in [0.15, 0.2) is 0 Å². The number of anilines is 2. The van der Waals surface area contributed by atoms with Gasteiger partial charge in [0.05, 0.1) is 0 Å². The first-order valence-electron chi connectivity index (χ1n) is 10.1. The summed E-state index contributed by atoms with van der Waals surface area (Å²) in [7, 11) is 0. The van der Waals surface area contributed by atoms with Crippen LogP contribution in [0.15, 0.2) is 107 Å². The lowest BCUT2D eigenvalue weighted by atomic mass is 10.1. The Morgan fingerprint density at radius 3 is 2.37 bits per heavy atom. The summed E-state index contributed by atoms with van der Waals surface area (Å²) in [4.78, 5) is 13.3. The number of carbonyl (C=O) groups excluding carboxylic acids is 1. The standard InChI is InChI=1S/C27H21NO2/c29-19-20-11-12-22-18-27(30-26(22)17-20)21-13-15-25(16-14-21)28(23-7-3-1-4-8-23)24-9-5-2-6-10-24/h1,3-5,7-19H,2,6H2. The molecule has 0 aliphatic heterocycles. The average molecular weight is 391 g/mol. The van der Waals surface area contributed by atoms with E-state index in [4.69, 9.17) is 4.42 Å². The minimum Gasteiger partial charge on any atom is -0.456 e. The Hall–Kier alpha value is -3.85. The van der Waals surface area contributed by atoms with Gasteiger partial charge in [-0.25, -0.2) is 0 Å². The highest BCUT2D eigenvalue weighted by molar-refractivity contribution is 5.88. The van der Waals surface area contributed by atoms with E-state index < -0.39 is 0 Å². The SMILES string of the molecule is O=Cc1ccc2cc(-c3ccc(N(C4=CCCC=C4)c4ccccc4)cc3)oc2c1. The molecule has 0 saturated heterocycles. The monoisotopic (exact) mass is 391 g/mol. The molecule has 0 unspecified atom stereocenters. The van der Waals surface area contributed by atoms with Crippen molar-refractivity contribution in [1.82, 2.24) is 0 Å². The number of carbonyl (C=O) groups is 1. The maximum absolute atomic E-state index is 11.0. The highest BCUT2D eigenvalue weighted by atomic mass is 16.3. The van der Waals surface area contributed by atoms with Crippen molar-refractivity contribution in [3.63, 3.8) is 0 Å². The molecule has 5 rings (SSSR count). The van der Waals surface area contributed by atoms with Crippen molar-refractivity contribution < 1.29 is 9.21 Å². The maximum atomic E-state index is 11.0. The third-order valence-corrected chi connectivity index (χ3v) is 5.34. The molecule has 4 aromatic rings. The summed E-state index contributed by atoms with van der Waals surface area (Å²) in [6, 6.07) is 26.3. The fourth-order valence-corrected chi connectivity index (χ4v) is 3.83. The molecule has 0 atom stereocenters. The second kappa shape index (κ2) is 7.88. The topological polar surface area (TPSA) is 33.5 Å². The Kier molecular flexibility index (Phi) is 4.78. The van der Waals surface area contributed by atoms with Crippen molar-refractivity contribution in [2.75, 3.05) is 4.90 Å². The van der Waals surface area contributed by atoms with E-state index in [-0.39, 0.29) is 0 Å². The number of benzene rings is 3. The van der Waals surface area contributed by atoms with Crippen molar-refractivity contribution >= 4 is 28.6 Å². The molecule has 146 valence electrons. The number of para-hydroxylation sites is 1. The number of hydrogen-bond donors (Lipinski definition) is 0. The summed E-state index contributed by atoms with van der Waals surface area (Å²) in [5.74, 6) is 0.794. The lowest BCUT2D eigenvalue weighted by Crippen LogP contribution is -2.15. The molecule has 30 heavy (non-hydrogen) atoms. The van der Waals surface area contributed by atoms with E-state index in [1.54, 1.807) is 12.1 Å². The Bertz CT molecular complexity index is 1250. The molecule has 3 aromatic carbocycles. The van der Waals surface area contributed by atoms with Crippen LogP contribution in [0.4, 0.5) is 11.4 Å². The molecule has 1 aliphatic rings. The molecule has 1 aliphatic carbocycles. The van der Waals surface area contributed by atoms with Gasteiger partial charge in [0, 0.05) is 33.6 Å². The van der Waals surface area contributed by atoms with Crippen LogP contribution in [0.25, 0.3) is 22.3 Å². The molecule has 0 radical (unpaired) electrons. The summed E-state index contributed by atoms with van der Waals surface area (Å²) < 4.78 is 6.00. The minimum atomic E-state index is 0.617. The molecule has 1 aromatic heterocycles. The lowest BCUT2D eigenvalue weighted by Gasteiger charge is -2.27. The van der Waals surface area contributed by atoms with Gasteiger partial charge in [-0.15, -0.1) is 0 Å². The Morgan fingerprint density at radius 2 is 1.63 bits per heavy atom. The van der Waals surface area contributed by atoms with Gasteiger partial charge in [0.1, 0.15) is 17.6 Å². The van der Waals surface area contributed by atoms with E-state index >= 15 is 0 Å². The van der Waals surface area contributed by atoms with Gasteiger partial charge < -0.3 is 9.32 Å². The second-order valence-electron chi connectivity index (χ2n) is 7.35. The van der Waals surface area contributed by atoms with Gasteiger partial charge in [-0.05, 0) is 67.4 Å². The number of furan rings is 1. The molecule has 0 N–H and O–H groups in total. The summed E-state index contributed by atoms with van der Waals surface area (Å²) >= 11 is 0. The first-order valence-corrected chi connectivity index (χ1v) is 10.1. The summed E-state index contributed by atoms with van der Waals surface area (Å²) in [6.45, 7) is 0. The van der Waals surface area contributed by atoms with Crippen LogP contribution < -0.4 is 4.90 Å². The first-order chi connectivity index (χ1) is 14.8. The number of aldehydes is 1. The molecular formula is C27H21NO2. The predicted molar refractivity (Wildman–Crippen MR) is 122 cm³/mol. The van der Waals surface area contributed by atoms with E-state index in [2.05, 4.69) is 71.7 Å². The van der Waals surface area contributed by atoms with Gasteiger partial charge >= 0.3 is 0 Å². The average Bonchev–Trinajstić information content (AvgIpc) is 3.24. The van der Waals surface area contributed by atoms with Crippen molar-refractivity contribution in [1.29, 1.82) is 0 Å². The van der Waals surface area contributed by atoms with Crippen molar-refractivity contribution in [3.8, 4) is 11.3 Å². The molecule has 0 spiro atoms. The second-order valence-corrected chi connectivity index (χ2v) is 7.35. The van der Waals surface area contributed by atoms with Crippen LogP contribution in [0.2, 0.25) is 0 Å². The Morgan fingerprint density at radius 1 is 0.833 bits per heavy atom. The number of rotatable bonds is 5. The van der Waals surface area contributed by atoms with E-state index in [1.165, 1.54) is 5.70 Å². The van der Waals surface area contributed by atoms with Gasteiger partial charge in [-0.2, -0.15) is 0 Å². The fourth-order valence-electron chi connectivity index (χ4n) is 3.83. The van der Waals surface area contributed by atoms with Crippen LogP contribution >= 0.6 is 0 Å². The van der Waals surface area contributed by atoms with Crippen molar-refractivity contribution in [2.45, 2.75) is 12.8 Å². The van der Waals surface area contributed by atoms with Crippen LogP contribution in [0.5, 0.6) is 0 Å². The quantitative estimate of drug-likeness (QED) is 0.335. The number of hydrogen-bond acceptors (Lipinski definition) is 3. The zero-order chi connectivity index (χ0) is 20.3. The molecular weight excluding hydrogens is 370 g/mol. The number of allylic oxidation sites excluding steroid dienone is 3. The third kappa shape index (κ3) is 3.46. The molecule has 0 saturated carbocycles. The maximum Gasteiger partial charge on any atom is 0.150 e. The summed E-state index contributed by atoms with van der Waals surface area (Å²) in [6.07, 6.45) is 9.67. The predicted octanol–water partition coefficient (Wildman–Crippen LogP) is 7.28. The zero-order valence-corrected chi connectivity index (χ0v) is 16.5. The zero-order valence-electron chi connectivity index (χ0n) is 16.5. The molecule has 1 heterocycles. The largest absolute Gasteiger partial charge is 0.456 e. The highest BCUT2D eigenvalue weighted by Crippen LogP contribution is 2.34. The molecule has 0 fully saturated rings. The van der Waals surface area contributed by atoms with Crippen LogP contribution in [0.1, 0.15) is 23.2 Å². The van der Waals surface area contributed by atoms with E-state index in [9.17, 15) is 4.79 Å². The third-order valence-electron chi connectivity index (χ3n) is 5.34. The molecule has 3 nitrogen and oxygen atoms in total. The molecule has 3 heteroatoms. The van der Waals surface area contributed by atoms with Crippen molar-refractivity contribution in [3.05, 3.63) is 108 Å². The number of fused-ring (bicyclic) bond motifs is 1. The molecule has 0 amide bonds. The van der Waals surface area contributed by atoms with Crippen LogP contribution in [0.3, 0.4) is 0 Å². The molecule has 0 bridgehead atoms. The normalized spacial score (nSPS) is 13.3.